The smallest absolute Gasteiger partial charge is 0.273 e. The number of benzene rings is 1. The first kappa shape index (κ1) is 15.8. The van der Waals surface area contributed by atoms with Gasteiger partial charge in [-0.05, 0) is 42.0 Å². The maximum Gasteiger partial charge on any atom is 0.273 e. The first-order valence-electron chi connectivity index (χ1n) is 8.04. The van der Waals surface area contributed by atoms with E-state index in [1.54, 1.807) is 12.5 Å². The molecule has 7 nitrogen and oxygen atoms in total. The fourth-order valence-corrected chi connectivity index (χ4v) is 2.47. The summed E-state index contributed by atoms with van der Waals surface area (Å²) in [5.41, 5.74) is 2.69. The largest absolute Gasteiger partial charge is 0.463 e. The number of aromatic nitrogens is 4. The molecule has 1 aromatic carbocycles. The van der Waals surface area contributed by atoms with E-state index in [-0.39, 0.29) is 11.6 Å². The van der Waals surface area contributed by atoms with E-state index >= 15 is 0 Å². The Labute approximate surface area is 149 Å². The third-order valence-corrected chi connectivity index (χ3v) is 3.76. The van der Waals surface area contributed by atoms with Crippen molar-refractivity contribution in [1.29, 1.82) is 0 Å². The van der Waals surface area contributed by atoms with Crippen molar-refractivity contribution in [2.75, 3.05) is 0 Å². The van der Waals surface area contributed by atoms with Gasteiger partial charge in [-0.15, -0.1) is 5.10 Å². The molecule has 3 aromatic heterocycles. The van der Waals surface area contributed by atoms with Gasteiger partial charge in [0.15, 0.2) is 11.5 Å². The van der Waals surface area contributed by atoms with Gasteiger partial charge in [-0.25, -0.2) is 0 Å². The highest BCUT2D eigenvalue weighted by atomic mass is 16.3. The van der Waals surface area contributed by atoms with Crippen LogP contribution in [0.25, 0.3) is 17.1 Å². The summed E-state index contributed by atoms with van der Waals surface area (Å²) in [5, 5.41) is 11.2. The van der Waals surface area contributed by atoms with Crippen LogP contribution in [0.15, 0.2) is 77.7 Å². The van der Waals surface area contributed by atoms with Crippen LogP contribution in [-0.4, -0.2) is 25.9 Å². The van der Waals surface area contributed by atoms with Crippen LogP contribution in [0, 0.1) is 0 Å². The molecular formula is C19H15N5O2. The van der Waals surface area contributed by atoms with E-state index in [1.165, 1.54) is 11.0 Å². The Morgan fingerprint density at radius 3 is 2.81 bits per heavy atom. The molecule has 0 aliphatic rings. The Hall–Kier alpha value is -3.74. The molecule has 26 heavy (non-hydrogen) atoms. The number of para-hydroxylation sites is 1. The molecule has 0 atom stereocenters. The zero-order chi connectivity index (χ0) is 17.8. The number of amides is 1. The van der Waals surface area contributed by atoms with E-state index in [1.807, 2.05) is 54.6 Å². The molecule has 7 heteroatoms. The van der Waals surface area contributed by atoms with E-state index in [0.29, 0.717) is 12.3 Å². The van der Waals surface area contributed by atoms with Crippen molar-refractivity contribution in [3.05, 3.63) is 84.5 Å². The molecule has 0 bridgehead atoms. The molecule has 3 heterocycles. The van der Waals surface area contributed by atoms with Crippen molar-refractivity contribution < 1.29 is 9.21 Å². The van der Waals surface area contributed by atoms with Crippen molar-refractivity contribution in [1.82, 2.24) is 25.3 Å². The predicted octanol–water partition coefficient (Wildman–Crippen LogP) is 2.85. The number of carbonyl (C=O) groups is 1. The van der Waals surface area contributed by atoms with E-state index in [2.05, 4.69) is 20.5 Å². The molecule has 0 unspecified atom stereocenters. The Morgan fingerprint density at radius 2 is 2.00 bits per heavy atom. The SMILES string of the molecule is O=C(NCc1ccnc(-c2ccco2)c1)c1cnn(-c2ccccc2)n1. The second kappa shape index (κ2) is 7.02. The third-order valence-electron chi connectivity index (χ3n) is 3.76. The van der Waals surface area contributed by atoms with Crippen molar-refractivity contribution in [2.24, 2.45) is 0 Å². The number of carbonyl (C=O) groups excluding carboxylic acids is 1. The van der Waals surface area contributed by atoms with Gasteiger partial charge < -0.3 is 9.73 Å². The number of nitrogens with zero attached hydrogens (tertiary/aromatic N) is 4. The summed E-state index contributed by atoms with van der Waals surface area (Å²) in [5.74, 6) is 0.396. The molecule has 1 amide bonds. The molecule has 0 aliphatic heterocycles. The lowest BCUT2D eigenvalue weighted by Crippen LogP contribution is -2.23. The Morgan fingerprint density at radius 1 is 1.12 bits per heavy atom. The molecule has 0 radical (unpaired) electrons. The van der Waals surface area contributed by atoms with Gasteiger partial charge in [0.25, 0.3) is 5.91 Å². The Kier molecular flexibility index (Phi) is 4.26. The van der Waals surface area contributed by atoms with Gasteiger partial charge in [0.05, 0.1) is 18.1 Å². The number of hydrogen-bond donors (Lipinski definition) is 1. The first-order valence-corrected chi connectivity index (χ1v) is 8.04. The van der Waals surface area contributed by atoms with Gasteiger partial charge in [-0.2, -0.15) is 9.90 Å². The topological polar surface area (TPSA) is 85.8 Å². The highest BCUT2D eigenvalue weighted by molar-refractivity contribution is 5.91. The average molecular weight is 345 g/mol. The van der Waals surface area contributed by atoms with Crippen LogP contribution in [0.2, 0.25) is 0 Å². The molecular weight excluding hydrogens is 330 g/mol. The lowest BCUT2D eigenvalue weighted by Gasteiger charge is -2.04. The van der Waals surface area contributed by atoms with Crippen LogP contribution in [0.1, 0.15) is 16.1 Å². The normalized spacial score (nSPS) is 10.6. The quantitative estimate of drug-likeness (QED) is 0.601. The molecule has 0 saturated carbocycles. The Balaban J connectivity index is 1.43. The molecule has 1 N–H and O–H groups in total. The standard InChI is InChI=1S/C19H15N5O2/c25-19(17-13-22-24(23-17)15-5-2-1-3-6-15)21-12-14-8-9-20-16(11-14)18-7-4-10-26-18/h1-11,13H,12H2,(H,21,25). The molecule has 0 fully saturated rings. The summed E-state index contributed by atoms with van der Waals surface area (Å²) >= 11 is 0. The highest BCUT2D eigenvalue weighted by Crippen LogP contribution is 2.18. The Bertz CT molecular complexity index is 1010. The second-order valence-corrected chi connectivity index (χ2v) is 5.56. The van der Waals surface area contributed by atoms with E-state index < -0.39 is 0 Å². The lowest BCUT2D eigenvalue weighted by molar-refractivity contribution is 0.0945. The van der Waals surface area contributed by atoms with Crippen LogP contribution in [0.4, 0.5) is 0 Å². The summed E-state index contributed by atoms with van der Waals surface area (Å²) in [6, 6.07) is 16.8. The predicted molar refractivity (Wildman–Crippen MR) is 94.5 cm³/mol. The number of rotatable bonds is 5. The van der Waals surface area contributed by atoms with Gasteiger partial charge in [0, 0.05) is 12.7 Å². The van der Waals surface area contributed by atoms with Crippen molar-refractivity contribution >= 4 is 5.91 Å². The van der Waals surface area contributed by atoms with Crippen LogP contribution in [0.5, 0.6) is 0 Å². The van der Waals surface area contributed by atoms with E-state index in [9.17, 15) is 4.79 Å². The molecule has 4 rings (SSSR count). The summed E-state index contributed by atoms with van der Waals surface area (Å²) in [7, 11) is 0. The fourth-order valence-electron chi connectivity index (χ4n) is 2.47. The van der Waals surface area contributed by atoms with Crippen molar-refractivity contribution in [2.45, 2.75) is 6.54 Å². The number of furan rings is 1. The summed E-state index contributed by atoms with van der Waals surface area (Å²) in [6.07, 6.45) is 4.73. The molecule has 4 aromatic rings. The fraction of sp³-hybridized carbons (Fsp3) is 0.0526. The summed E-state index contributed by atoms with van der Waals surface area (Å²) in [6.45, 7) is 0.354. The minimum absolute atomic E-state index is 0.258. The van der Waals surface area contributed by atoms with Gasteiger partial charge >= 0.3 is 0 Å². The van der Waals surface area contributed by atoms with Gasteiger partial charge in [-0.3, -0.25) is 9.78 Å². The molecule has 0 spiro atoms. The first-order chi connectivity index (χ1) is 12.8. The van der Waals surface area contributed by atoms with E-state index in [0.717, 1.165) is 16.9 Å². The molecule has 0 saturated heterocycles. The molecule has 128 valence electrons. The van der Waals surface area contributed by atoms with Gasteiger partial charge in [0.1, 0.15) is 5.69 Å². The minimum atomic E-state index is -0.288. The average Bonchev–Trinajstić information content (AvgIpc) is 3.39. The van der Waals surface area contributed by atoms with Gasteiger partial charge in [0.2, 0.25) is 0 Å². The maximum atomic E-state index is 12.3. The molecule has 0 aliphatic carbocycles. The number of nitrogens with one attached hydrogen (secondary N) is 1. The third kappa shape index (κ3) is 3.36. The van der Waals surface area contributed by atoms with Gasteiger partial charge in [-0.1, -0.05) is 18.2 Å². The zero-order valence-corrected chi connectivity index (χ0v) is 13.7. The summed E-state index contributed by atoms with van der Waals surface area (Å²) < 4.78 is 5.34. The highest BCUT2D eigenvalue weighted by Gasteiger charge is 2.11. The zero-order valence-electron chi connectivity index (χ0n) is 13.7. The van der Waals surface area contributed by atoms with Crippen LogP contribution < -0.4 is 5.32 Å². The number of pyridine rings is 1. The van der Waals surface area contributed by atoms with Crippen LogP contribution in [-0.2, 0) is 6.54 Å². The van der Waals surface area contributed by atoms with Crippen LogP contribution in [0.3, 0.4) is 0 Å². The van der Waals surface area contributed by atoms with Crippen molar-refractivity contribution in [3.63, 3.8) is 0 Å². The maximum absolute atomic E-state index is 12.3. The summed E-state index contributed by atoms with van der Waals surface area (Å²) in [4.78, 5) is 18.0. The minimum Gasteiger partial charge on any atom is -0.463 e. The van der Waals surface area contributed by atoms with Crippen LogP contribution >= 0.6 is 0 Å². The van der Waals surface area contributed by atoms with Crippen molar-refractivity contribution in [3.8, 4) is 17.1 Å². The second-order valence-electron chi connectivity index (χ2n) is 5.56. The van der Waals surface area contributed by atoms with E-state index in [4.69, 9.17) is 4.42 Å². The lowest BCUT2D eigenvalue weighted by atomic mass is 10.2. The monoisotopic (exact) mass is 345 g/mol. The number of hydrogen-bond acceptors (Lipinski definition) is 5.